The van der Waals surface area contributed by atoms with Gasteiger partial charge in [-0.2, -0.15) is 0 Å². The molecule has 1 aromatic heterocycles. The predicted octanol–water partition coefficient (Wildman–Crippen LogP) is 5.12. The third-order valence-corrected chi connectivity index (χ3v) is 9.21. The largest absolute Gasteiger partial charge is 0.449 e. The van der Waals surface area contributed by atoms with Gasteiger partial charge in [-0.25, -0.2) is 4.98 Å². The molecule has 0 aromatic carbocycles. The number of carbonyl (C=O) groups excluding carboxylic acids is 2. The number of aromatic nitrogens is 1. The molecule has 0 spiro atoms. The van der Waals surface area contributed by atoms with Crippen molar-refractivity contribution in [3.8, 4) is 0 Å². The lowest BCUT2D eigenvalue weighted by atomic mass is 9.77. The van der Waals surface area contributed by atoms with Crippen molar-refractivity contribution in [2.24, 2.45) is 11.8 Å². The molecule has 0 aliphatic carbocycles. The molecule has 0 saturated carbocycles. The zero-order valence-electron chi connectivity index (χ0n) is 25.4. The van der Waals surface area contributed by atoms with Gasteiger partial charge in [0, 0.05) is 43.9 Å². The van der Waals surface area contributed by atoms with Crippen molar-refractivity contribution in [2.45, 2.75) is 103 Å². The molecular weight excluding hydrogens is 494 g/mol. The second-order valence-electron chi connectivity index (χ2n) is 12.4. The van der Waals surface area contributed by atoms with E-state index >= 15 is 0 Å². The third-order valence-electron chi connectivity index (χ3n) is 9.21. The smallest absolute Gasteiger partial charge is 0.197 e. The second kappa shape index (κ2) is 14.9. The summed E-state index contributed by atoms with van der Waals surface area (Å²) in [6.45, 7) is 18.3. The van der Waals surface area contributed by atoms with Crippen molar-refractivity contribution in [2.75, 3.05) is 52.6 Å². The van der Waals surface area contributed by atoms with Crippen LogP contribution in [0.5, 0.6) is 0 Å². The fourth-order valence-corrected chi connectivity index (χ4v) is 6.46. The summed E-state index contributed by atoms with van der Waals surface area (Å²) >= 11 is 0. The molecular formula is C31H53N3O5. The Bertz CT molecular complexity index is 873. The predicted molar refractivity (Wildman–Crippen MR) is 153 cm³/mol. The van der Waals surface area contributed by atoms with Gasteiger partial charge in [0.25, 0.3) is 0 Å². The highest BCUT2D eigenvalue weighted by Gasteiger charge is 2.41. The lowest BCUT2D eigenvalue weighted by Crippen LogP contribution is -2.56. The highest BCUT2D eigenvalue weighted by atomic mass is 16.5. The molecule has 39 heavy (non-hydrogen) atoms. The number of morpholine rings is 2. The molecule has 8 heteroatoms. The summed E-state index contributed by atoms with van der Waals surface area (Å²) in [7, 11) is 0. The molecule has 0 N–H and O–H groups in total. The first kappa shape index (κ1) is 31.9. The molecule has 0 amide bonds. The first-order valence-corrected chi connectivity index (χ1v) is 15.3. The number of ketones is 2. The van der Waals surface area contributed by atoms with E-state index in [1.165, 1.54) is 0 Å². The monoisotopic (exact) mass is 547 g/mol. The van der Waals surface area contributed by atoms with E-state index in [0.717, 1.165) is 77.0 Å². The summed E-state index contributed by atoms with van der Waals surface area (Å²) in [6.07, 6.45) is 9.23. The molecule has 2 fully saturated rings. The standard InChI is InChI=1S/C31H53N3O5/c1-7-9-26(29-32-14-19-39-29)13-12-25(28(36)31(5,6)34-17-22-38-23-18-34)11-10-24(8-2)27(35)30(3,4)33-15-20-37-21-16-33/h14,19,24-26H,7-13,15-18,20-23H2,1-6H3. The van der Waals surface area contributed by atoms with E-state index in [1.54, 1.807) is 12.5 Å². The highest BCUT2D eigenvalue weighted by molar-refractivity contribution is 5.91. The van der Waals surface area contributed by atoms with Crippen LogP contribution in [0, 0.1) is 11.8 Å². The molecule has 3 unspecified atom stereocenters. The topological polar surface area (TPSA) is 85.1 Å². The summed E-state index contributed by atoms with van der Waals surface area (Å²) in [5.74, 6) is 1.35. The van der Waals surface area contributed by atoms with Crippen molar-refractivity contribution in [3.05, 3.63) is 18.4 Å². The van der Waals surface area contributed by atoms with Gasteiger partial charge >= 0.3 is 0 Å². The van der Waals surface area contributed by atoms with Crippen molar-refractivity contribution >= 4 is 11.6 Å². The van der Waals surface area contributed by atoms with E-state index in [1.807, 2.05) is 0 Å². The minimum Gasteiger partial charge on any atom is -0.449 e. The van der Waals surface area contributed by atoms with Crippen LogP contribution >= 0.6 is 0 Å². The number of ether oxygens (including phenoxy) is 2. The quantitative estimate of drug-likeness (QED) is 0.282. The minimum absolute atomic E-state index is 0.0668. The zero-order valence-corrected chi connectivity index (χ0v) is 25.4. The van der Waals surface area contributed by atoms with Gasteiger partial charge < -0.3 is 13.9 Å². The first-order valence-electron chi connectivity index (χ1n) is 15.3. The van der Waals surface area contributed by atoms with Gasteiger partial charge in [-0.05, 0) is 66.2 Å². The Balaban J connectivity index is 1.75. The maximum absolute atomic E-state index is 14.2. The van der Waals surface area contributed by atoms with E-state index in [-0.39, 0.29) is 29.3 Å². The number of nitrogens with zero attached hydrogens (tertiary/aromatic N) is 3. The number of hydrogen-bond donors (Lipinski definition) is 0. The van der Waals surface area contributed by atoms with Gasteiger partial charge in [0.2, 0.25) is 0 Å². The average molecular weight is 548 g/mol. The van der Waals surface area contributed by atoms with Gasteiger partial charge in [0.05, 0.1) is 43.7 Å². The lowest BCUT2D eigenvalue weighted by molar-refractivity contribution is -0.139. The maximum Gasteiger partial charge on any atom is 0.197 e. The molecule has 3 atom stereocenters. The number of Topliss-reactive ketones (excluding diaryl/α,β-unsaturated/α-hetero) is 2. The van der Waals surface area contributed by atoms with Crippen LogP contribution < -0.4 is 0 Å². The van der Waals surface area contributed by atoms with Crippen molar-refractivity contribution < 1.29 is 23.5 Å². The summed E-state index contributed by atoms with van der Waals surface area (Å²) < 4.78 is 16.8. The van der Waals surface area contributed by atoms with Crippen LogP contribution in [-0.4, -0.2) is 90.0 Å². The molecule has 8 nitrogen and oxygen atoms in total. The third kappa shape index (κ3) is 8.21. The molecule has 3 heterocycles. The molecule has 3 rings (SSSR count). The second-order valence-corrected chi connectivity index (χ2v) is 12.4. The number of hydrogen-bond acceptors (Lipinski definition) is 8. The average Bonchev–Trinajstić information content (AvgIpc) is 3.49. The van der Waals surface area contributed by atoms with Crippen molar-refractivity contribution in [3.63, 3.8) is 0 Å². The van der Waals surface area contributed by atoms with Crippen LogP contribution in [0.4, 0.5) is 0 Å². The SMILES string of the molecule is CCCC(CCC(CCC(CC)C(=O)C(C)(C)N1CCOCC1)C(=O)C(C)(C)N1CCOCC1)c1ncco1. The number of rotatable bonds is 16. The Morgan fingerprint density at radius 3 is 1.74 bits per heavy atom. The van der Waals surface area contributed by atoms with E-state index < -0.39 is 11.1 Å². The number of oxazole rings is 1. The van der Waals surface area contributed by atoms with E-state index in [0.29, 0.717) is 26.4 Å². The normalized spacial score (nSPS) is 20.5. The fourth-order valence-electron chi connectivity index (χ4n) is 6.46. The van der Waals surface area contributed by atoms with E-state index in [2.05, 4.69) is 56.3 Å². The van der Waals surface area contributed by atoms with E-state index in [9.17, 15) is 9.59 Å². The van der Waals surface area contributed by atoms with Gasteiger partial charge in [0.15, 0.2) is 17.5 Å². The van der Waals surface area contributed by atoms with Crippen molar-refractivity contribution in [1.82, 2.24) is 14.8 Å². The zero-order chi connectivity index (χ0) is 28.5. The Morgan fingerprint density at radius 2 is 1.28 bits per heavy atom. The van der Waals surface area contributed by atoms with Gasteiger partial charge in [-0.1, -0.05) is 20.3 Å². The van der Waals surface area contributed by atoms with Crippen LogP contribution in [-0.2, 0) is 19.1 Å². The lowest BCUT2D eigenvalue weighted by Gasteiger charge is -2.42. The fraction of sp³-hybridized carbons (Fsp3) is 0.839. The Labute approximate surface area is 236 Å². The van der Waals surface area contributed by atoms with Crippen LogP contribution in [0.3, 0.4) is 0 Å². The summed E-state index contributed by atoms with van der Waals surface area (Å²) in [5.41, 5.74) is -1.11. The van der Waals surface area contributed by atoms with Gasteiger partial charge in [-0.15, -0.1) is 0 Å². The summed E-state index contributed by atoms with van der Waals surface area (Å²) in [6, 6.07) is 0. The molecule has 0 radical (unpaired) electrons. The summed E-state index contributed by atoms with van der Waals surface area (Å²) in [5, 5.41) is 0. The molecule has 2 aliphatic rings. The van der Waals surface area contributed by atoms with Crippen LogP contribution in [0.15, 0.2) is 16.9 Å². The van der Waals surface area contributed by atoms with Crippen LogP contribution in [0.2, 0.25) is 0 Å². The van der Waals surface area contributed by atoms with Crippen LogP contribution in [0.1, 0.15) is 98.3 Å². The first-order chi connectivity index (χ1) is 18.6. The van der Waals surface area contributed by atoms with Gasteiger partial charge in [-0.3, -0.25) is 19.4 Å². The van der Waals surface area contributed by atoms with E-state index in [4.69, 9.17) is 13.9 Å². The Kier molecular flexibility index (Phi) is 12.2. The molecule has 222 valence electrons. The number of carbonyl (C=O) groups is 2. The maximum atomic E-state index is 14.2. The molecule has 2 saturated heterocycles. The molecule has 2 aliphatic heterocycles. The highest BCUT2D eigenvalue weighted by Crippen LogP contribution is 2.34. The van der Waals surface area contributed by atoms with Crippen molar-refractivity contribution in [1.29, 1.82) is 0 Å². The molecule has 0 bridgehead atoms. The summed E-state index contributed by atoms with van der Waals surface area (Å²) in [4.78, 5) is 37.0. The minimum atomic E-state index is -0.573. The molecule has 1 aromatic rings. The Hall–Kier alpha value is -1.61. The van der Waals surface area contributed by atoms with Gasteiger partial charge in [0.1, 0.15) is 6.26 Å². The van der Waals surface area contributed by atoms with Crippen LogP contribution in [0.25, 0.3) is 0 Å². The Morgan fingerprint density at radius 1 is 0.795 bits per heavy atom.